The normalized spacial score (nSPS) is 15.5. The molecule has 0 amide bonds. The molecule has 4 heteroatoms. The molecule has 1 saturated carbocycles. The van der Waals surface area contributed by atoms with Crippen LogP contribution in [0.3, 0.4) is 0 Å². The molecule has 3 rings (SSSR count). The molecule has 1 aliphatic rings. The molecule has 0 atom stereocenters. The van der Waals surface area contributed by atoms with Crippen molar-refractivity contribution in [1.82, 2.24) is 9.55 Å². The van der Waals surface area contributed by atoms with E-state index >= 15 is 0 Å². The Morgan fingerprint density at radius 3 is 2.71 bits per heavy atom. The topological polar surface area (TPSA) is 17.8 Å². The Morgan fingerprint density at radius 1 is 1.29 bits per heavy atom. The minimum atomic E-state index is 1.18. The van der Waals surface area contributed by atoms with Crippen molar-refractivity contribution in [3.05, 3.63) is 45.1 Å². The Labute approximate surface area is 113 Å². The zero-order chi connectivity index (χ0) is 11.7. The summed E-state index contributed by atoms with van der Waals surface area (Å²) in [5, 5.41) is 0. The predicted molar refractivity (Wildman–Crippen MR) is 75.0 cm³/mol. The highest BCUT2D eigenvalue weighted by molar-refractivity contribution is 9.11. The average Bonchev–Trinajstić information content (AvgIpc) is 3.02. The van der Waals surface area contributed by atoms with Gasteiger partial charge in [-0.15, -0.1) is 11.3 Å². The Morgan fingerprint density at radius 2 is 2.12 bits per heavy atom. The van der Waals surface area contributed by atoms with Crippen molar-refractivity contribution in [1.29, 1.82) is 0 Å². The Hall–Kier alpha value is -0.870. The van der Waals surface area contributed by atoms with Crippen LogP contribution in [0.15, 0.2) is 40.2 Å². The van der Waals surface area contributed by atoms with Crippen molar-refractivity contribution in [2.75, 3.05) is 0 Å². The van der Waals surface area contributed by atoms with Crippen LogP contribution in [-0.2, 0) is 0 Å². The predicted octanol–water partition coefficient (Wildman–Crippen LogP) is 4.54. The number of allylic oxidation sites excluding steroid dienone is 1. The molecule has 1 fully saturated rings. The van der Waals surface area contributed by atoms with Gasteiger partial charge < -0.3 is 4.57 Å². The van der Waals surface area contributed by atoms with Gasteiger partial charge in [-0.1, -0.05) is 0 Å². The first-order valence-electron chi connectivity index (χ1n) is 5.80. The summed E-state index contributed by atoms with van der Waals surface area (Å²) >= 11 is 5.33. The maximum absolute atomic E-state index is 4.17. The summed E-state index contributed by atoms with van der Waals surface area (Å²) in [6.07, 6.45) is 10.9. The molecule has 2 nitrogen and oxygen atoms in total. The Balaban J connectivity index is 2.12. The van der Waals surface area contributed by atoms with E-state index in [0.717, 1.165) is 0 Å². The Bertz CT molecular complexity index is 532. The van der Waals surface area contributed by atoms with E-state index < -0.39 is 0 Å². The first kappa shape index (κ1) is 11.2. The van der Waals surface area contributed by atoms with Gasteiger partial charge in [0.25, 0.3) is 0 Å². The monoisotopic (exact) mass is 308 g/mol. The van der Waals surface area contributed by atoms with E-state index in [1.54, 1.807) is 16.9 Å². The first-order valence-corrected chi connectivity index (χ1v) is 7.41. The summed E-state index contributed by atoms with van der Waals surface area (Å²) in [6.45, 7) is 0. The lowest BCUT2D eigenvalue weighted by molar-refractivity contribution is 0.886. The molecular weight excluding hydrogens is 296 g/mol. The summed E-state index contributed by atoms with van der Waals surface area (Å²) in [7, 11) is 0. The Kier molecular flexibility index (Phi) is 3.16. The molecule has 2 aromatic rings. The van der Waals surface area contributed by atoms with Crippen LogP contribution in [0.5, 0.6) is 0 Å². The maximum atomic E-state index is 4.17. The molecule has 88 valence electrons. The lowest BCUT2D eigenvalue weighted by atomic mass is 10.1. The fraction of sp³-hybridized carbons (Fsp3) is 0.308. The van der Waals surface area contributed by atoms with Crippen LogP contribution < -0.4 is 0 Å². The quantitative estimate of drug-likeness (QED) is 0.796. The zero-order valence-corrected chi connectivity index (χ0v) is 11.8. The second kappa shape index (κ2) is 4.78. The van der Waals surface area contributed by atoms with Crippen molar-refractivity contribution in [3.63, 3.8) is 0 Å². The largest absolute Gasteiger partial charge is 0.305 e. The van der Waals surface area contributed by atoms with E-state index in [-0.39, 0.29) is 0 Å². The lowest BCUT2D eigenvalue weighted by Crippen LogP contribution is -1.97. The molecule has 2 aromatic heterocycles. The standard InChI is InChI=1S/C13H13BrN2S/c14-12-6-5-11(17-12)13(10-3-1-2-4-10)16-8-7-15-9-16/h5-9H,1-4H2. The van der Waals surface area contributed by atoms with Crippen molar-refractivity contribution < 1.29 is 0 Å². The van der Waals surface area contributed by atoms with E-state index in [1.807, 2.05) is 18.7 Å². The molecule has 2 heterocycles. The third-order valence-electron chi connectivity index (χ3n) is 3.11. The van der Waals surface area contributed by atoms with E-state index in [0.29, 0.717) is 0 Å². The number of aromatic nitrogens is 2. The summed E-state index contributed by atoms with van der Waals surface area (Å²) < 4.78 is 3.34. The first-order chi connectivity index (χ1) is 8.34. The van der Waals surface area contributed by atoms with Gasteiger partial charge in [0.2, 0.25) is 0 Å². The number of thiophene rings is 1. The maximum Gasteiger partial charge on any atom is 0.0992 e. The highest BCUT2D eigenvalue weighted by Gasteiger charge is 2.16. The van der Waals surface area contributed by atoms with Gasteiger partial charge in [0.15, 0.2) is 0 Å². The third kappa shape index (κ3) is 2.24. The zero-order valence-electron chi connectivity index (χ0n) is 9.40. The van der Waals surface area contributed by atoms with Gasteiger partial charge in [0.1, 0.15) is 0 Å². The van der Waals surface area contributed by atoms with Gasteiger partial charge in [0, 0.05) is 12.4 Å². The molecular formula is C13H13BrN2S. The third-order valence-corrected chi connectivity index (χ3v) is 4.74. The molecule has 0 saturated heterocycles. The highest BCUT2D eigenvalue weighted by Crippen LogP contribution is 2.36. The summed E-state index contributed by atoms with van der Waals surface area (Å²) in [5.41, 5.74) is 2.91. The van der Waals surface area contributed by atoms with Crippen LogP contribution in [0.4, 0.5) is 0 Å². The molecule has 0 unspecified atom stereocenters. The molecule has 0 spiro atoms. The minimum Gasteiger partial charge on any atom is -0.305 e. The van der Waals surface area contributed by atoms with Crippen LogP contribution in [0.2, 0.25) is 0 Å². The molecule has 1 aliphatic carbocycles. The second-order valence-electron chi connectivity index (χ2n) is 4.23. The van der Waals surface area contributed by atoms with Crippen LogP contribution >= 0.6 is 27.3 Å². The number of nitrogens with zero attached hydrogens (tertiary/aromatic N) is 2. The van der Waals surface area contributed by atoms with E-state index in [1.165, 1.54) is 40.0 Å². The van der Waals surface area contributed by atoms with Crippen LogP contribution in [0, 0.1) is 0 Å². The van der Waals surface area contributed by atoms with Crippen LogP contribution in [-0.4, -0.2) is 9.55 Å². The fourth-order valence-electron chi connectivity index (χ4n) is 2.36. The smallest absolute Gasteiger partial charge is 0.0992 e. The SMILES string of the molecule is Brc1ccc(C(=C2CCCC2)n2ccnc2)s1. The second-order valence-corrected chi connectivity index (χ2v) is 6.70. The molecule has 0 radical (unpaired) electrons. The number of hydrogen-bond acceptors (Lipinski definition) is 2. The molecule has 0 aliphatic heterocycles. The van der Waals surface area contributed by atoms with Crippen LogP contribution in [0.1, 0.15) is 30.6 Å². The summed E-state index contributed by atoms with van der Waals surface area (Å²) in [4.78, 5) is 5.49. The van der Waals surface area contributed by atoms with E-state index in [2.05, 4.69) is 37.6 Å². The van der Waals surface area contributed by atoms with E-state index in [9.17, 15) is 0 Å². The van der Waals surface area contributed by atoms with E-state index in [4.69, 9.17) is 0 Å². The van der Waals surface area contributed by atoms with Gasteiger partial charge in [-0.3, -0.25) is 0 Å². The van der Waals surface area contributed by atoms with Crippen LogP contribution in [0.25, 0.3) is 5.70 Å². The summed E-state index contributed by atoms with van der Waals surface area (Å²) in [5.74, 6) is 0. The van der Waals surface area contributed by atoms with Gasteiger partial charge in [-0.2, -0.15) is 0 Å². The van der Waals surface area contributed by atoms with Crippen molar-refractivity contribution >= 4 is 33.0 Å². The highest BCUT2D eigenvalue weighted by atomic mass is 79.9. The number of imidazole rings is 1. The number of rotatable bonds is 2. The van der Waals surface area contributed by atoms with Gasteiger partial charge in [-0.05, 0) is 59.3 Å². The molecule has 17 heavy (non-hydrogen) atoms. The number of hydrogen-bond donors (Lipinski definition) is 0. The molecule has 0 N–H and O–H groups in total. The van der Waals surface area contributed by atoms with Crippen molar-refractivity contribution in [2.24, 2.45) is 0 Å². The van der Waals surface area contributed by atoms with Crippen molar-refractivity contribution in [2.45, 2.75) is 25.7 Å². The van der Waals surface area contributed by atoms with Gasteiger partial charge in [0.05, 0.1) is 20.7 Å². The fourth-order valence-corrected chi connectivity index (χ4v) is 3.84. The molecule has 0 aromatic carbocycles. The average molecular weight is 309 g/mol. The van der Waals surface area contributed by atoms with Gasteiger partial charge in [-0.25, -0.2) is 4.98 Å². The summed E-state index contributed by atoms with van der Waals surface area (Å²) in [6, 6.07) is 4.31. The number of halogens is 1. The lowest BCUT2D eigenvalue weighted by Gasteiger charge is -2.10. The molecule has 0 bridgehead atoms. The van der Waals surface area contributed by atoms with Gasteiger partial charge >= 0.3 is 0 Å². The minimum absolute atomic E-state index is 1.18. The van der Waals surface area contributed by atoms with Crippen molar-refractivity contribution in [3.8, 4) is 0 Å².